The van der Waals surface area contributed by atoms with E-state index in [1.54, 1.807) is 6.92 Å². The predicted molar refractivity (Wildman–Crippen MR) is 82.0 cm³/mol. The van der Waals surface area contributed by atoms with E-state index in [2.05, 4.69) is 15.6 Å². The van der Waals surface area contributed by atoms with Gasteiger partial charge >= 0.3 is 139 Å². The van der Waals surface area contributed by atoms with Gasteiger partial charge in [-0.05, 0) is 0 Å². The molecule has 0 bridgehead atoms. The molecule has 128 valence electrons. The van der Waals surface area contributed by atoms with Crippen LogP contribution in [0.5, 0.6) is 0 Å². The van der Waals surface area contributed by atoms with Crippen LogP contribution in [0.25, 0.3) is 16.7 Å². The van der Waals surface area contributed by atoms with E-state index in [0.717, 1.165) is 12.1 Å². The summed E-state index contributed by atoms with van der Waals surface area (Å²) in [6.07, 6.45) is -3.29. The zero-order valence-corrected chi connectivity index (χ0v) is 13.6. The van der Waals surface area contributed by atoms with Crippen LogP contribution < -0.4 is 0 Å². The number of carbonyl (C=O) groups is 1. The molecule has 0 unspecified atom stereocenters. The van der Waals surface area contributed by atoms with Crippen molar-refractivity contribution in [2.75, 3.05) is 6.61 Å². The van der Waals surface area contributed by atoms with Crippen molar-refractivity contribution < 1.29 is 27.3 Å². The van der Waals surface area contributed by atoms with Gasteiger partial charge in [0.15, 0.2) is 0 Å². The topological polar surface area (TPSA) is 73.6 Å². The first-order chi connectivity index (χ1) is 11.9. The molecular formula is C15H9F3N3O3P. The summed E-state index contributed by atoms with van der Waals surface area (Å²) in [5, 5.41) is 0. The van der Waals surface area contributed by atoms with Crippen LogP contribution in [0, 0.1) is 5.63 Å². The molecule has 3 aromatic rings. The molecule has 0 aliphatic heterocycles. The number of fused-ring (bicyclic) bond motifs is 3. The zero-order chi connectivity index (χ0) is 18.2. The van der Waals surface area contributed by atoms with E-state index >= 15 is 0 Å². The number of aromatic nitrogens is 3. The Morgan fingerprint density at radius 3 is 2.80 bits per heavy atom. The maximum atomic E-state index is 12.9. The molecule has 2 heterocycles. The fraction of sp³-hybridized carbons (Fsp3) is 0.200. The van der Waals surface area contributed by atoms with Crippen LogP contribution in [0.2, 0.25) is 0 Å². The second kappa shape index (κ2) is 6.35. The Labute approximate surface area is 139 Å². The standard InChI is InChI=1S/C15H9F3N3O3P/c1-2-24-14(22)13-11(7-25-23)21-10-4-3-8(15(16,17)18)5-9(10)19-6-12(21)20-13/h3-6H,2H2,1H3. The number of hydrogen-bond donors (Lipinski definition) is 0. The van der Waals surface area contributed by atoms with Crippen molar-refractivity contribution in [2.45, 2.75) is 13.1 Å². The molecule has 0 atom stereocenters. The second-order valence-electron chi connectivity index (χ2n) is 4.89. The van der Waals surface area contributed by atoms with Crippen molar-refractivity contribution in [3.05, 3.63) is 41.3 Å². The van der Waals surface area contributed by atoms with E-state index in [0.29, 0.717) is 0 Å². The van der Waals surface area contributed by atoms with Crippen molar-refractivity contribution in [1.82, 2.24) is 14.4 Å². The van der Waals surface area contributed by atoms with Gasteiger partial charge in [-0.3, -0.25) is 0 Å². The van der Waals surface area contributed by atoms with Gasteiger partial charge < -0.3 is 0 Å². The van der Waals surface area contributed by atoms with Crippen molar-refractivity contribution in [2.24, 2.45) is 0 Å². The number of rotatable bonds is 2. The summed E-state index contributed by atoms with van der Waals surface area (Å²) in [5.74, 6) is -0.752. The van der Waals surface area contributed by atoms with Crippen molar-refractivity contribution >= 4 is 30.6 Å². The van der Waals surface area contributed by atoms with Crippen LogP contribution in [-0.4, -0.2) is 26.9 Å². The van der Waals surface area contributed by atoms with Crippen molar-refractivity contribution in [3.63, 3.8) is 0 Å². The summed E-state index contributed by atoms with van der Waals surface area (Å²) in [6.45, 7) is 1.72. The number of alkyl halides is 3. The van der Waals surface area contributed by atoms with E-state index < -0.39 is 25.6 Å². The quantitative estimate of drug-likeness (QED) is 0.510. The van der Waals surface area contributed by atoms with E-state index in [1.165, 1.54) is 16.7 Å². The third-order valence-corrected chi connectivity index (χ3v) is 3.69. The average molecular weight is 367 g/mol. The molecule has 25 heavy (non-hydrogen) atoms. The summed E-state index contributed by atoms with van der Waals surface area (Å²) < 4.78 is 55.8. The fourth-order valence-electron chi connectivity index (χ4n) is 2.38. The molecule has 10 heteroatoms. The Kier molecular flexibility index (Phi) is 4.37. The molecule has 3 rings (SSSR count). The van der Waals surface area contributed by atoms with E-state index in [1.807, 2.05) is 0 Å². The van der Waals surface area contributed by atoms with Gasteiger partial charge in [-0.1, -0.05) is 0 Å². The third-order valence-electron chi connectivity index (χ3n) is 3.39. The van der Waals surface area contributed by atoms with Gasteiger partial charge in [0.25, 0.3) is 0 Å². The molecule has 0 radical (unpaired) electrons. The predicted octanol–water partition coefficient (Wildman–Crippen LogP) is 3.68. The van der Waals surface area contributed by atoms with E-state index in [-0.39, 0.29) is 34.7 Å². The number of nitrogens with zero attached hydrogens (tertiary/aromatic N) is 3. The first kappa shape index (κ1) is 17.2. The number of esters is 1. The van der Waals surface area contributed by atoms with Gasteiger partial charge in [0, 0.05) is 0 Å². The number of carbonyl (C=O) groups excluding carboxylic acids is 1. The Morgan fingerprint density at radius 2 is 2.16 bits per heavy atom. The normalized spacial score (nSPS) is 11.5. The molecular weight excluding hydrogens is 358 g/mol. The minimum atomic E-state index is -4.51. The Hall–Kier alpha value is -2.63. The summed E-state index contributed by atoms with van der Waals surface area (Å²) in [7, 11) is -0.516. The number of imidazole rings is 1. The molecule has 0 saturated heterocycles. The molecule has 0 amide bonds. The van der Waals surface area contributed by atoms with Gasteiger partial charge in [-0.25, -0.2) is 0 Å². The number of benzene rings is 1. The van der Waals surface area contributed by atoms with Crippen molar-refractivity contribution in [3.8, 4) is 5.63 Å². The Morgan fingerprint density at radius 1 is 1.40 bits per heavy atom. The summed E-state index contributed by atoms with van der Waals surface area (Å²) in [6, 6.07) is 2.99. The van der Waals surface area contributed by atoms with E-state index in [4.69, 9.17) is 4.74 Å². The van der Waals surface area contributed by atoms with Crippen molar-refractivity contribution in [1.29, 1.82) is 0 Å². The third kappa shape index (κ3) is 3.04. The van der Waals surface area contributed by atoms with Gasteiger partial charge in [0.2, 0.25) is 0 Å². The summed E-state index contributed by atoms with van der Waals surface area (Å²) in [4.78, 5) is 20.0. The summed E-state index contributed by atoms with van der Waals surface area (Å²) in [5.41, 5.74) is 1.99. The number of halogens is 3. The Balaban J connectivity index is 2.36. The molecule has 2 aromatic heterocycles. The SMILES string of the molecule is CCOC(=O)c1nc2cnc3cc(C(F)(F)F)ccc3n2c1C#P=O. The maximum absolute atomic E-state index is 12.9. The molecule has 0 aliphatic carbocycles. The fourth-order valence-corrected chi connectivity index (χ4v) is 2.67. The first-order valence-corrected chi connectivity index (χ1v) is 7.82. The van der Waals surface area contributed by atoms with Crippen LogP contribution in [0.15, 0.2) is 24.4 Å². The van der Waals surface area contributed by atoms with Gasteiger partial charge in [-0.2, -0.15) is 0 Å². The summed E-state index contributed by atoms with van der Waals surface area (Å²) >= 11 is 0. The van der Waals surface area contributed by atoms with Gasteiger partial charge in [0.05, 0.1) is 0 Å². The molecule has 0 saturated carbocycles. The Bertz CT molecular complexity index is 1100. The minimum absolute atomic E-state index is 0.0391. The van der Waals surface area contributed by atoms with Crippen LogP contribution in [-0.2, 0) is 15.5 Å². The van der Waals surface area contributed by atoms with E-state index in [9.17, 15) is 22.5 Å². The molecule has 1 aromatic carbocycles. The van der Waals surface area contributed by atoms with Crippen LogP contribution in [0.3, 0.4) is 0 Å². The van der Waals surface area contributed by atoms with Crippen LogP contribution in [0.1, 0.15) is 28.7 Å². The second-order valence-corrected chi connectivity index (χ2v) is 5.29. The number of hydrogen-bond acceptors (Lipinski definition) is 5. The van der Waals surface area contributed by atoms with Crippen LogP contribution in [0.4, 0.5) is 13.2 Å². The monoisotopic (exact) mass is 367 g/mol. The molecule has 0 N–H and O–H groups in total. The molecule has 6 nitrogen and oxygen atoms in total. The average Bonchev–Trinajstić information content (AvgIpc) is 2.93. The van der Waals surface area contributed by atoms with Gasteiger partial charge in [-0.15, -0.1) is 0 Å². The molecule has 0 fully saturated rings. The number of ether oxygens (including phenoxy) is 1. The zero-order valence-electron chi connectivity index (χ0n) is 12.7. The van der Waals surface area contributed by atoms with Crippen LogP contribution >= 0.6 is 7.92 Å². The van der Waals surface area contributed by atoms with Gasteiger partial charge in [0.1, 0.15) is 0 Å². The molecule has 0 spiro atoms. The molecule has 0 aliphatic rings. The first-order valence-electron chi connectivity index (χ1n) is 7.00.